The fraction of sp³-hybridized carbons (Fsp3) is 0.600. The highest BCUT2D eigenvalue weighted by atomic mass is 19.4. The molecular weight excluding hydrogens is 253 g/mol. The molecule has 100 valence electrons. The van der Waals surface area contributed by atoms with E-state index in [1.807, 2.05) is 5.92 Å². The van der Waals surface area contributed by atoms with Crippen LogP contribution < -0.4 is 0 Å². The van der Waals surface area contributed by atoms with Crippen LogP contribution in [0, 0.1) is 11.8 Å². The van der Waals surface area contributed by atoms with Gasteiger partial charge in [0, 0.05) is 32.1 Å². The summed E-state index contributed by atoms with van der Waals surface area (Å²) in [6.45, 7) is 0.590. The highest BCUT2D eigenvalue weighted by molar-refractivity contribution is 5.86. The molecule has 1 aliphatic rings. The average molecular weight is 264 g/mol. The van der Waals surface area contributed by atoms with Crippen LogP contribution in [0.3, 0.4) is 0 Å². The summed E-state index contributed by atoms with van der Waals surface area (Å²) in [4.78, 5) is 23.5. The number of rotatable bonds is 1. The van der Waals surface area contributed by atoms with Gasteiger partial charge in [-0.15, -0.1) is 0 Å². The third kappa shape index (κ3) is 4.25. The summed E-state index contributed by atoms with van der Waals surface area (Å²) in [5, 5.41) is 8.28. The van der Waals surface area contributed by atoms with E-state index in [1.54, 1.807) is 4.90 Å². The van der Waals surface area contributed by atoms with Gasteiger partial charge in [0.15, 0.2) is 0 Å². The molecule has 0 atom stereocenters. The van der Waals surface area contributed by atoms with Gasteiger partial charge in [-0.3, -0.25) is 9.69 Å². The van der Waals surface area contributed by atoms with Crippen molar-refractivity contribution in [3.63, 3.8) is 0 Å². The summed E-state index contributed by atoms with van der Waals surface area (Å²) in [7, 11) is 0. The molecule has 1 amide bonds. The fourth-order valence-corrected chi connectivity index (χ4v) is 1.52. The van der Waals surface area contributed by atoms with E-state index in [4.69, 9.17) is 5.11 Å². The first-order chi connectivity index (χ1) is 8.30. The second-order valence-electron chi connectivity index (χ2n) is 3.67. The summed E-state index contributed by atoms with van der Waals surface area (Å²) in [5.41, 5.74) is 0. The van der Waals surface area contributed by atoms with E-state index in [0.29, 0.717) is 0 Å². The zero-order valence-corrected chi connectivity index (χ0v) is 9.33. The number of carboxylic acids is 1. The average Bonchev–Trinajstić information content (AvgIpc) is 2.27. The molecule has 8 heteroatoms. The number of amides is 1. The second kappa shape index (κ2) is 5.73. The van der Waals surface area contributed by atoms with Crippen LogP contribution in [0.5, 0.6) is 0 Å². The normalized spacial score (nSPS) is 16.9. The van der Waals surface area contributed by atoms with E-state index in [-0.39, 0.29) is 32.7 Å². The van der Waals surface area contributed by atoms with Crippen LogP contribution in [-0.2, 0) is 9.59 Å². The predicted octanol–water partition coefficient (Wildman–Crippen LogP) is -0.219. The maximum absolute atomic E-state index is 12.1. The van der Waals surface area contributed by atoms with Gasteiger partial charge in [-0.1, -0.05) is 5.92 Å². The molecule has 1 heterocycles. The number of carbonyl (C=O) groups is 2. The molecule has 0 aromatic heterocycles. The molecule has 0 aromatic rings. The van der Waals surface area contributed by atoms with Crippen LogP contribution in [-0.4, -0.2) is 65.7 Å². The maximum Gasteiger partial charge on any atom is 0.471 e. The Bertz CT molecular complexity index is 389. The Labute approximate surface area is 101 Å². The molecule has 0 aliphatic carbocycles. The van der Waals surface area contributed by atoms with Crippen LogP contribution in [0.25, 0.3) is 0 Å². The largest absolute Gasteiger partial charge is 0.472 e. The zero-order chi connectivity index (χ0) is 13.8. The van der Waals surface area contributed by atoms with Gasteiger partial charge in [0.2, 0.25) is 0 Å². The molecular formula is C10H11F3N2O3. The van der Waals surface area contributed by atoms with Crippen molar-refractivity contribution in [2.75, 3.05) is 32.7 Å². The first kappa shape index (κ1) is 14.3. The maximum atomic E-state index is 12.1. The van der Waals surface area contributed by atoms with Crippen LogP contribution in [0.1, 0.15) is 0 Å². The molecule has 0 saturated carbocycles. The predicted molar refractivity (Wildman–Crippen MR) is 54.5 cm³/mol. The van der Waals surface area contributed by atoms with Crippen molar-refractivity contribution in [2.24, 2.45) is 0 Å². The van der Waals surface area contributed by atoms with E-state index in [0.717, 1.165) is 4.90 Å². The van der Waals surface area contributed by atoms with Crippen molar-refractivity contribution < 1.29 is 27.9 Å². The number of aliphatic carboxylic acids is 1. The quantitative estimate of drug-likeness (QED) is 0.665. The van der Waals surface area contributed by atoms with Crippen molar-refractivity contribution in [3.8, 4) is 11.8 Å². The van der Waals surface area contributed by atoms with Crippen LogP contribution >= 0.6 is 0 Å². The molecule has 18 heavy (non-hydrogen) atoms. The fourth-order valence-electron chi connectivity index (χ4n) is 1.52. The van der Waals surface area contributed by atoms with Gasteiger partial charge in [-0.2, -0.15) is 13.2 Å². The third-order valence-corrected chi connectivity index (χ3v) is 2.40. The number of carbonyl (C=O) groups excluding carboxylic acids is 1. The van der Waals surface area contributed by atoms with E-state index in [2.05, 4.69) is 5.92 Å². The lowest BCUT2D eigenvalue weighted by atomic mass is 10.3. The van der Waals surface area contributed by atoms with E-state index in [9.17, 15) is 22.8 Å². The number of alkyl halides is 3. The lowest BCUT2D eigenvalue weighted by Crippen LogP contribution is -2.52. The molecule has 1 N–H and O–H groups in total. The van der Waals surface area contributed by atoms with Crippen molar-refractivity contribution in [2.45, 2.75) is 6.18 Å². The molecule has 1 fully saturated rings. The van der Waals surface area contributed by atoms with Crippen molar-refractivity contribution in [3.05, 3.63) is 0 Å². The minimum atomic E-state index is -4.84. The van der Waals surface area contributed by atoms with Crippen LogP contribution in [0.2, 0.25) is 0 Å². The monoisotopic (exact) mass is 264 g/mol. The summed E-state index contributed by atoms with van der Waals surface area (Å²) in [6, 6.07) is 0. The van der Waals surface area contributed by atoms with Gasteiger partial charge < -0.3 is 10.0 Å². The minimum Gasteiger partial charge on any atom is -0.472 e. The lowest BCUT2D eigenvalue weighted by molar-refractivity contribution is -0.186. The first-order valence-corrected chi connectivity index (χ1v) is 5.11. The van der Waals surface area contributed by atoms with E-state index >= 15 is 0 Å². The van der Waals surface area contributed by atoms with E-state index < -0.39 is 18.1 Å². The standard InChI is InChI=1S/C10H11F3N2O3/c11-10(12,13)9(18)15-6-4-14(5-7-15)3-1-2-8(16)17/h3-7H2,(H,16,17). The Balaban J connectivity index is 2.40. The van der Waals surface area contributed by atoms with Gasteiger partial charge in [-0.25, -0.2) is 4.79 Å². The molecule has 0 unspecified atom stereocenters. The topological polar surface area (TPSA) is 60.9 Å². The molecule has 0 spiro atoms. The number of piperazine rings is 1. The molecule has 0 bridgehead atoms. The first-order valence-electron chi connectivity index (χ1n) is 5.11. The minimum absolute atomic E-state index is 0.0346. The summed E-state index contributed by atoms with van der Waals surface area (Å²) < 4.78 is 36.4. The Morgan fingerprint density at radius 3 is 2.17 bits per heavy atom. The summed E-state index contributed by atoms with van der Waals surface area (Å²) in [5.74, 6) is 1.21. The van der Waals surface area contributed by atoms with Crippen LogP contribution in [0.4, 0.5) is 13.2 Å². The highest BCUT2D eigenvalue weighted by Crippen LogP contribution is 2.19. The molecule has 5 nitrogen and oxygen atoms in total. The Morgan fingerprint density at radius 2 is 1.72 bits per heavy atom. The smallest absolute Gasteiger partial charge is 0.471 e. The molecule has 0 radical (unpaired) electrons. The molecule has 0 aromatic carbocycles. The summed E-state index contributed by atoms with van der Waals surface area (Å²) in [6.07, 6.45) is -4.84. The van der Waals surface area contributed by atoms with Gasteiger partial charge >= 0.3 is 18.1 Å². The molecule has 1 saturated heterocycles. The number of nitrogens with zero attached hydrogens (tertiary/aromatic N) is 2. The Kier molecular flexibility index (Phi) is 4.55. The summed E-state index contributed by atoms with van der Waals surface area (Å²) >= 11 is 0. The third-order valence-electron chi connectivity index (χ3n) is 2.40. The van der Waals surface area contributed by atoms with Crippen molar-refractivity contribution in [1.82, 2.24) is 9.80 Å². The van der Waals surface area contributed by atoms with Gasteiger partial charge in [0.25, 0.3) is 0 Å². The van der Waals surface area contributed by atoms with Gasteiger partial charge in [0.05, 0.1) is 6.54 Å². The highest BCUT2D eigenvalue weighted by Gasteiger charge is 2.43. The Morgan fingerprint density at radius 1 is 1.17 bits per heavy atom. The second-order valence-corrected chi connectivity index (χ2v) is 3.67. The number of hydrogen-bond donors (Lipinski definition) is 1. The van der Waals surface area contributed by atoms with Crippen molar-refractivity contribution >= 4 is 11.9 Å². The Hall–Kier alpha value is -1.75. The number of hydrogen-bond acceptors (Lipinski definition) is 3. The SMILES string of the molecule is O=C(O)C#CCN1CCN(C(=O)C(F)(F)F)CC1. The van der Waals surface area contributed by atoms with Gasteiger partial charge in [0.1, 0.15) is 0 Å². The van der Waals surface area contributed by atoms with Crippen LogP contribution in [0.15, 0.2) is 0 Å². The van der Waals surface area contributed by atoms with E-state index in [1.165, 1.54) is 0 Å². The molecule has 1 aliphatic heterocycles. The number of carboxylic acid groups (broad SMARTS) is 1. The zero-order valence-electron chi connectivity index (χ0n) is 9.33. The molecule has 1 rings (SSSR count). The van der Waals surface area contributed by atoms with Gasteiger partial charge in [-0.05, 0) is 0 Å². The lowest BCUT2D eigenvalue weighted by Gasteiger charge is -2.33. The number of halogens is 3. The van der Waals surface area contributed by atoms with Crippen molar-refractivity contribution in [1.29, 1.82) is 0 Å².